The van der Waals surface area contributed by atoms with Crippen LogP contribution in [0.4, 0.5) is 0 Å². The van der Waals surface area contributed by atoms with Crippen LogP contribution in [-0.2, 0) is 20.2 Å². The highest BCUT2D eigenvalue weighted by Crippen LogP contribution is 2.28. The van der Waals surface area contributed by atoms with E-state index < -0.39 is 0 Å². The molecule has 1 heterocycles. The normalized spacial score (nSPS) is 11.1. The Kier molecular flexibility index (Phi) is 5.36. The molecule has 0 atom stereocenters. The molecule has 0 spiro atoms. The lowest BCUT2D eigenvalue weighted by atomic mass is 10.1. The van der Waals surface area contributed by atoms with Gasteiger partial charge in [-0.05, 0) is 24.6 Å². The zero-order valence-electron chi connectivity index (χ0n) is 12.9. The molecule has 1 aromatic carbocycles. The van der Waals surface area contributed by atoms with Crippen molar-refractivity contribution in [3.05, 3.63) is 39.6 Å². The minimum absolute atomic E-state index is 0.422. The van der Waals surface area contributed by atoms with Crippen LogP contribution in [0.3, 0.4) is 0 Å². The molecule has 0 aliphatic rings. The molecule has 0 saturated carbocycles. The molecular weight excluding hydrogens is 332 g/mol. The number of ether oxygens (including phenoxy) is 1. The van der Waals surface area contributed by atoms with E-state index in [1.165, 1.54) is 0 Å². The summed E-state index contributed by atoms with van der Waals surface area (Å²) in [5.41, 5.74) is 3.07. The van der Waals surface area contributed by atoms with Gasteiger partial charge >= 0.3 is 0 Å². The standard InChI is InChI=1S/C15H21BrN4O/c1-10(2)17-7-12-6-13(16)5-11(3)15(12)21-9-14-8-20(4)19-18-14/h5-6,8,10,17H,7,9H2,1-4H3. The zero-order chi connectivity index (χ0) is 15.4. The largest absolute Gasteiger partial charge is 0.487 e. The van der Waals surface area contributed by atoms with Gasteiger partial charge in [0.1, 0.15) is 18.1 Å². The Bertz CT molecular complexity index is 610. The summed E-state index contributed by atoms with van der Waals surface area (Å²) >= 11 is 3.54. The fourth-order valence-corrected chi connectivity index (χ4v) is 2.68. The van der Waals surface area contributed by atoms with Gasteiger partial charge in [0.05, 0.1) is 6.20 Å². The number of nitrogens with zero attached hydrogens (tertiary/aromatic N) is 3. The van der Waals surface area contributed by atoms with Crippen molar-refractivity contribution >= 4 is 15.9 Å². The van der Waals surface area contributed by atoms with Gasteiger partial charge in [-0.15, -0.1) is 5.10 Å². The van der Waals surface area contributed by atoms with Crippen LogP contribution in [0.2, 0.25) is 0 Å². The van der Waals surface area contributed by atoms with Crippen LogP contribution >= 0.6 is 15.9 Å². The smallest absolute Gasteiger partial charge is 0.134 e. The molecule has 5 nitrogen and oxygen atoms in total. The highest BCUT2D eigenvalue weighted by atomic mass is 79.9. The van der Waals surface area contributed by atoms with E-state index in [4.69, 9.17) is 4.74 Å². The van der Waals surface area contributed by atoms with Gasteiger partial charge in [0.15, 0.2) is 0 Å². The molecule has 0 unspecified atom stereocenters. The molecule has 0 aliphatic heterocycles. The first-order chi connectivity index (χ1) is 9.95. The number of hydrogen-bond donors (Lipinski definition) is 1. The van der Waals surface area contributed by atoms with Gasteiger partial charge in [-0.1, -0.05) is 35.0 Å². The van der Waals surface area contributed by atoms with Gasteiger partial charge in [-0.3, -0.25) is 4.68 Å². The summed E-state index contributed by atoms with van der Waals surface area (Å²) in [5.74, 6) is 0.914. The molecule has 1 aromatic heterocycles. The summed E-state index contributed by atoms with van der Waals surface area (Å²) in [6.45, 7) is 7.50. The lowest BCUT2D eigenvalue weighted by Gasteiger charge is -2.16. The number of benzene rings is 1. The van der Waals surface area contributed by atoms with Gasteiger partial charge in [0.25, 0.3) is 0 Å². The van der Waals surface area contributed by atoms with Crippen molar-refractivity contribution in [3.8, 4) is 5.75 Å². The van der Waals surface area contributed by atoms with Gasteiger partial charge in [-0.2, -0.15) is 0 Å². The van der Waals surface area contributed by atoms with E-state index in [2.05, 4.69) is 64.5 Å². The number of aromatic nitrogens is 3. The maximum Gasteiger partial charge on any atom is 0.134 e. The predicted octanol–water partition coefficient (Wildman–Crippen LogP) is 2.96. The summed E-state index contributed by atoms with van der Waals surface area (Å²) in [7, 11) is 1.85. The Labute approximate surface area is 133 Å². The topological polar surface area (TPSA) is 52.0 Å². The van der Waals surface area contributed by atoms with Crippen molar-refractivity contribution in [3.63, 3.8) is 0 Å². The number of halogens is 1. The third-order valence-electron chi connectivity index (χ3n) is 3.03. The second-order valence-corrected chi connectivity index (χ2v) is 6.33. The summed E-state index contributed by atoms with van der Waals surface area (Å²) in [6, 6.07) is 4.58. The molecule has 2 aromatic rings. The van der Waals surface area contributed by atoms with Crippen LogP contribution < -0.4 is 10.1 Å². The molecule has 114 valence electrons. The van der Waals surface area contributed by atoms with Crippen molar-refractivity contribution in [2.75, 3.05) is 0 Å². The molecule has 0 bridgehead atoms. The summed E-state index contributed by atoms with van der Waals surface area (Å²) in [4.78, 5) is 0. The highest BCUT2D eigenvalue weighted by Gasteiger charge is 2.11. The number of aryl methyl sites for hydroxylation is 2. The zero-order valence-corrected chi connectivity index (χ0v) is 14.4. The van der Waals surface area contributed by atoms with E-state index >= 15 is 0 Å². The molecule has 0 fully saturated rings. The third kappa shape index (κ3) is 4.54. The average molecular weight is 353 g/mol. The molecular formula is C15H21BrN4O. The third-order valence-corrected chi connectivity index (χ3v) is 3.49. The minimum Gasteiger partial charge on any atom is -0.487 e. The van der Waals surface area contributed by atoms with Crippen molar-refractivity contribution in [1.82, 2.24) is 20.3 Å². The van der Waals surface area contributed by atoms with Crippen LogP contribution in [-0.4, -0.2) is 21.0 Å². The first kappa shape index (κ1) is 16.0. The maximum atomic E-state index is 5.98. The lowest BCUT2D eigenvalue weighted by molar-refractivity contribution is 0.294. The fourth-order valence-electron chi connectivity index (χ4n) is 2.06. The van der Waals surface area contributed by atoms with Crippen molar-refractivity contribution in [2.45, 2.75) is 40.0 Å². The molecule has 2 rings (SSSR count). The summed E-state index contributed by atoms with van der Waals surface area (Å²) in [5, 5.41) is 11.4. The van der Waals surface area contributed by atoms with E-state index in [-0.39, 0.29) is 0 Å². The Morgan fingerprint density at radius 1 is 1.38 bits per heavy atom. The van der Waals surface area contributed by atoms with Crippen LogP contribution in [0.1, 0.15) is 30.7 Å². The van der Waals surface area contributed by atoms with Gasteiger partial charge in [0, 0.05) is 29.7 Å². The van der Waals surface area contributed by atoms with Crippen LogP contribution in [0.25, 0.3) is 0 Å². The average Bonchev–Trinajstić information content (AvgIpc) is 2.80. The van der Waals surface area contributed by atoms with E-state index in [9.17, 15) is 0 Å². The molecule has 0 amide bonds. The van der Waals surface area contributed by atoms with Crippen molar-refractivity contribution in [1.29, 1.82) is 0 Å². The highest BCUT2D eigenvalue weighted by molar-refractivity contribution is 9.10. The van der Waals surface area contributed by atoms with Crippen molar-refractivity contribution in [2.24, 2.45) is 7.05 Å². The number of hydrogen-bond acceptors (Lipinski definition) is 4. The Morgan fingerprint density at radius 2 is 2.14 bits per heavy atom. The Morgan fingerprint density at radius 3 is 2.76 bits per heavy atom. The van der Waals surface area contributed by atoms with Gasteiger partial charge in [0.2, 0.25) is 0 Å². The van der Waals surface area contributed by atoms with Gasteiger partial charge in [-0.25, -0.2) is 0 Å². The van der Waals surface area contributed by atoms with Crippen LogP contribution in [0.15, 0.2) is 22.8 Å². The molecule has 0 saturated heterocycles. The fraction of sp³-hybridized carbons (Fsp3) is 0.467. The summed E-state index contributed by atoms with van der Waals surface area (Å²) < 4.78 is 8.72. The van der Waals surface area contributed by atoms with Crippen LogP contribution in [0.5, 0.6) is 5.75 Å². The second kappa shape index (κ2) is 7.04. The molecule has 0 aliphatic carbocycles. The molecule has 6 heteroatoms. The molecule has 0 radical (unpaired) electrons. The molecule has 21 heavy (non-hydrogen) atoms. The first-order valence-electron chi connectivity index (χ1n) is 6.96. The SMILES string of the molecule is Cc1cc(Br)cc(CNC(C)C)c1OCc1cn(C)nn1. The Balaban J connectivity index is 2.15. The van der Waals surface area contributed by atoms with Crippen molar-refractivity contribution < 1.29 is 4.74 Å². The summed E-state index contributed by atoms with van der Waals surface area (Å²) in [6.07, 6.45) is 1.86. The maximum absolute atomic E-state index is 5.98. The first-order valence-corrected chi connectivity index (χ1v) is 7.75. The second-order valence-electron chi connectivity index (χ2n) is 5.42. The van der Waals surface area contributed by atoms with Gasteiger partial charge < -0.3 is 10.1 Å². The van der Waals surface area contributed by atoms with E-state index in [1.807, 2.05) is 13.2 Å². The predicted molar refractivity (Wildman–Crippen MR) is 86.2 cm³/mol. The van der Waals surface area contributed by atoms with E-state index in [0.717, 1.165) is 33.6 Å². The lowest BCUT2D eigenvalue weighted by Crippen LogP contribution is -2.22. The molecule has 1 N–H and O–H groups in total. The number of rotatable bonds is 6. The number of nitrogens with one attached hydrogen (secondary N) is 1. The van der Waals surface area contributed by atoms with E-state index in [1.54, 1.807) is 4.68 Å². The van der Waals surface area contributed by atoms with Crippen LogP contribution in [0, 0.1) is 6.92 Å². The monoisotopic (exact) mass is 352 g/mol. The quantitative estimate of drug-likeness (QED) is 0.868. The Hall–Kier alpha value is -1.40. The minimum atomic E-state index is 0.422. The van der Waals surface area contributed by atoms with E-state index in [0.29, 0.717) is 12.6 Å².